The standard InChI is InChI=1S/C17H15N3O3S/c1-10-6-5-9-14(18-10)24-20-17(22)19-16(21)15-11(2)12-7-3-4-8-13(12)23-15/h3-9H,1-2H3,(H2,19,20,21,22). The largest absolute Gasteiger partial charge is 0.451 e. The third kappa shape index (κ3) is 3.41. The molecule has 2 heterocycles. The average Bonchev–Trinajstić information content (AvgIpc) is 2.91. The van der Waals surface area contributed by atoms with Gasteiger partial charge >= 0.3 is 6.03 Å². The number of carbonyl (C=O) groups excluding carboxylic acids is 2. The van der Waals surface area contributed by atoms with Gasteiger partial charge < -0.3 is 4.42 Å². The van der Waals surface area contributed by atoms with Gasteiger partial charge in [-0.3, -0.25) is 14.8 Å². The van der Waals surface area contributed by atoms with Gasteiger partial charge in [-0.2, -0.15) is 0 Å². The second kappa shape index (κ2) is 6.76. The first-order valence-corrected chi connectivity index (χ1v) is 8.06. The van der Waals surface area contributed by atoms with Gasteiger partial charge in [-0.15, -0.1) is 0 Å². The number of pyridine rings is 1. The van der Waals surface area contributed by atoms with E-state index < -0.39 is 11.9 Å². The highest BCUT2D eigenvalue weighted by Crippen LogP contribution is 2.24. The number of rotatable bonds is 3. The molecule has 0 fully saturated rings. The molecule has 3 rings (SSSR count). The Labute approximate surface area is 142 Å². The summed E-state index contributed by atoms with van der Waals surface area (Å²) in [5.41, 5.74) is 2.15. The third-order valence-corrected chi connectivity index (χ3v) is 4.11. The molecule has 0 bridgehead atoms. The second-order valence-electron chi connectivity index (χ2n) is 5.16. The number of imide groups is 1. The van der Waals surface area contributed by atoms with E-state index in [2.05, 4.69) is 15.0 Å². The minimum absolute atomic E-state index is 0.130. The van der Waals surface area contributed by atoms with Crippen LogP contribution in [0.15, 0.2) is 51.9 Å². The fraction of sp³-hybridized carbons (Fsp3) is 0.118. The summed E-state index contributed by atoms with van der Waals surface area (Å²) in [6.07, 6.45) is 0. The molecule has 2 aromatic heterocycles. The van der Waals surface area contributed by atoms with Crippen LogP contribution in [0.1, 0.15) is 21.8 Å². The first-order valence-electron chi connectivity index (χ1n) is 7.24. The monoisotopic (exact) mass is 341 g/mol. The number of amides is 3. The summed E-state index contributed by atoms with van der Waals surface area (Å²) in [5, 5.41) is 3.74. The Morgan fingerprint density at radius 3 is 2.62 bits per heavy atom. The Balaban J connectivity index is 1.65. The van der Waals surface area contributed by atoms with E-state index in [1.54, 1.807) is 19.1 Å². The summed E-state index contributed by atoms with van der Waals surface area (Å²) >= 11 is 1.03. The zero-order valence-electron chi connectivity index (χ0n) is 13.1. The lowest BCUT2D eigenvalue weighted by Gasteiger charge is -2.05. The van der Waals surface area contributed by atoms with Crippen LogP contribution in [0.4, 0.5) is 4.79 Å². The summed E-state index contributed by atoms with van der Waals surface area (Å²) in [6, 6.07) is 12.2. The zero-order chi connectivity index (χ0) is 17.1. The number of hydrogen-bond acceptors (Lipinski definition) is 5. The minimum atomic E-state index is -0.631. The summed E-state index contributed by atoms with van der Waals surface area (Å²) in [4.78, 5) is 28.3. The van der Waals surface area contributed by atoms with Crippen LogP contribution in [0.2, 0.25) is 0 Å². The third-order valence-electron chi connectivity index (χ3n) is 3.39. The van der Waals surface area contributed by atoms with E-state index in [-0.39, 0.29) is 5.76 Å². The molecule has 2 N–H and O–H groups in total. The van der Waals surface area contributed by atoms with Gasteiger partial charge in [0.15, 0.2) is 5.76 Å². The van der Waals surface area contributed by atoms with Gasteiger partial charge in [-0.05, 0) is 32.0 Å². The first kappa shape index (κ1) is 16.1. The van der Waals surface area contributed by atoms with E-state index in [9.17, 15) is 9.59 Å². The number of furan rings is 1. The van der Waals surface area contributed by atoms with Crippen molar-refractivity contribution in [1.29, 1.82) is 0 Å². The quantitative estimate of drug-likeness (QED) is 0.711. The Hall–Kier alpha value is -2.80. The highest BCUT2D eigenvalue weighted by atomic mass is 32.2. The van der Waals surface area contributed by atoms with Gasteiger partial charge in [0, 0.05) is 28.6 Å². The lowest BCUT2D eigenvalue weighted by molar-refractivity contribution is 0.0939. The molecule has 0 atom stereocenters. The molecule has 122 valence electrons. The molecule has 0 aliphatic heterocycles. The van der Waals surface area contributed by atoms with E-state index >= 15 is 0 Å². The van der Waals surface area contributed by atoms with Crippen LogP contribution in [0.5, 0.6) is 0 Å². The fourth-order valence-corrected chi connectivity index (χ4v) is 2.83. The smallest absolute Gasteiger partial charge is 0.332 e. The number of carbonyl (C=O) groups is 2. The van der Waals surface area contributed by atoms with Crippen LogP contribution in [0.25, 0.3) is 11.0 Å². The van der Waals surface area contributed by atoms with Crippen LogP contribution in [-0.4, -0.2) is 16.9 Å². The second-order valence-corrected chi connectivity index (χ2v) is 5.98. The predicted molar refractivity (Wildman–Crippen MR) is 91.8 cm³/mol. The fourth-order valence-electron chi connectivity index (χ4n) is 2.25. The number of para-hydroxylation sites is 1. The Morgan fingerprint density at radius 2 is 1.88 bits per heavy atom. The molecule has 6 nitrogen and oxygen atoms in total. The number of fused-ring (bicyclic) bond motifs is 1. The van der Waals surface area contributed by atoms with Crippen molar-refractivity contribution in [2.45, 2.75) is 18.9 Å². The van der Waals surface area contributed by atoms with Crippen LogP contribution in [0.3, 0.4) is 0 Å². The van der Waals surface area contributed by atoms with Crippen molar-refractivity contribution < 1.29 is 14.0 Å². The molecule has 0 aliphatic rings. The topological polar surface area (TPSA) is 84.2 Å². The van der Waals surface area contributed by atoms with E-state index in [4.69, 9.17) is 4.42 Å². The molecular weight excluding hydrogens is 326 g/mol. The first-order chi connectivity index (χ1) is 11.5. The summed E-state index contributed by atoms with van der Waals surface area (Å²) in [5.74, 6) is -0.455. The van der Waals surface area contributed by atoms with E-state index in [0.29, 0.717) is 16.2 Å². The van der Waals surface area contributed by atoms with Gasteiger partial charge in [-0.25, -0.2) is 9.78 Å². The lowest BCUT2D eigenvalue weighted by Crippen LogP contribution is -2.36. The maximum absolute atomic E-state index is 12.2. The van der Waals surface area contributed by atoms with Crippen molar-refractivity contribution in [2.75, 3.05) is 0 Å². The van der Waals surface area contributed by atoms with Gasteiger partial charge in [-0.1, -0.05) is 24.3 Å². The molecule has 0 radical (unpaired) electrons. The van der Waals surface area contributed by atoms with E-state index in [0.717, 1.165) is 23.0 Å². The van der Waals surface area contributed by atoms with Crippen molar-refractivity contribution >= 4 is 34.9 Å². The molecule has 0 aliphatic carbocycles. The van der Waals surface area contributed by atoms with Crippen molar-refractivity contribution in [3.63, 3.8) is 0 Å². The van der Waals surface area contributed by atoms with Crippen LogP contribution in [0, 0.1) is 13.8 Å². The SMILES string of the molecule is Cc1cccc(SNC(=O)NC(=O)c2oc3ccccc3c2C)n1. The molecule has 0 unspecified atom stereocenters. The summed E-state index contributed by atoms with van der Waals surface area (Å²) in [6.45, 7) is 3.64. The molecule has 0 spiro atoms. The molecule has 0 saturated heterocycles. The number of hydrogen-bond donors (Lipinski definition) is 2. The van der Waals surface area contributed by atoms with Gasteiger partial charge in [0.25, 0.3) is 5.91 Å². The highest BCUT2D eigenvalue weighted by molar-refractivity contribution is 7.97. The molecule has 7 heteroatoms. The molecule has 1 aromatic carbocycles. The number of aryl methyl sites for hydroxylation is 2. The van der Waals surface area contributed by atoms with Crippen molar-refractivity contribution in [2.24, 2.45) is 0 Å². The number of nitrogens with zero attached hydrogens (tertiary/aromatic N) is 1. The average molecular weight is 341 g/mol. The Morgan fingerprint density at radius 1 is 1.08 bits per heavy atom. The van der Waals surface area contributed by atoms with Crippen LogP contribution < -0.4 is 10.0 Å². The maximum Gasteiger partial charge on any atom is 0.332 e. The Kier molecular flexibility index (Phi) is 4.52. The molecule has 24 heavy (non-hydrogen) atoms. The van der Waals surface area contributed by atoms with Crippen LogP contribution in [-0.2, 0) is 0 Å². The molecular formula is C17H15N3O3S. The normalized spacial score (nSPS) is 10.6. The highest BCUT2D eigenvalue weighted by Gasteiger charge is 2.19. The molecule has 3 aromatic rings. The summed E-state index contributed by atoms with van der Waals surface area (Å²) < 4.78 is 8.05. The van der Waals surface area contributed by atoms with Crippen molar-refractivity contribution in [1.82, 2.24) is 15.0 Å². The van der Waals surface area contributed by atoms with Gasteiger partial charge in [0.05, 0.1) is 0 Å². The minimum Gasteiger partial charge on any atom is -0.451 e. The zero-order valence-corrected chi connectivity index (χ0v) is 13.9. The number of nitrogens with one attached hydrogen (secondary N) is 2. The maximum atomic E-state index is 12.2. The number of urea groups is 1. The number of aromatic nitrogens is 1. The van der Waals surface area contributed by atoms with Gasteiger partial charge in [0.1, 0.15) is 10.6 Å². The van der Waals surface area contributed by atoms with E-state index in [1.807, 2.05) is 37.3 Å². The number of benzene rings is 1. The predicted octanol–water partition coefficient (Wildman–Crippen LogP) is 3.59. The van der Waals surface area contributed by atoms with Gasteiger partial charge in [0.2, 0.25) is 0 Å². The Bertz CT molecular complexity index is 920. The summed E-state index contributed by atoms with van der Waals surface area (Å²) in [7, 11) is 0. The van der Waals surface area contributed by atoms with Crippen molar-refractivity contribution in [3.8, 4) is 0 Å². The van der Waals surface area contributed by atoms with E-state index in [1.165, 1.54) is 0 Å². The van der Waals surface area contributed by atoms with Crippen LogP contribution >= 0.6 is 11.9 Å². The molecule has 0 saturated carbocycles. The van der Waals surface area contributed by atoms with Crippen molar-refractivity contribution in [3.05, 3.63) is 59.5 Å². The lowest BCUT2D eigenvalue weighted by atomic mass is 10.1. The molecule has 3 amide bonds.